The molecule has 0 amide bonds. The molecule has 1 radical (unpaired) electrons. The number of aliphatic carboxylic acids is 2. The fourth-order valence-corrected chi connectivity index (χ4v) is 6.06. The summed E-state index contributed by atoms with van der Waals surface area (Å²) in [5.74, 6) is -1.98. The van der Waals surface area contributed by atoms with Crippen molar-refractivity contribution in [3.63, 3.8) is 0 Å². The number of aryl methyl sites for hydroxylation is 2. The second-order valence-corrected chi connectivity index (χ2v) is 15.9. The number of benzene rings is 2. The Hall–Kier alpha value is -3.21. The molecule has 0 saturated heterocycles. The molecular formula is C41H63CoN3O6. The van der Waals surface area contributed by atoms with E-state index in [9.17, 15) is 19.8 Å². The number of carboxylic acids is 2. The Labute approximate surface area is 316 Å². The Morgan fingerprint density at radius 3 is 1.80 bits per heavy atom. The molecule has 1 fully saturated rings. The van der Waals surface area contributed by atoms with Crippen molar-refractivity contribution < 1.29 is 46.8 Å². The van der Waals surface area contributed by atoms with Crippen molar-refractivity contribution in [3.05, 3.63) is 57.6 Å². The smallest absolute Gasteiger partial charge is 0.314 e. The average Bonchev–Trinajstić information content (AvgIpc) is 3.01. The van der Waals surface area contributed by atoms with Gasteiger partial charge in [-0.25, -0.2) is 0 Å². The summed E-state index contributed by atoms with van der Waals surface area (Å²) in [6.07, 6.45) is 13.0. The standard InChI is InChI=1S/C38H59N3O2.C3H4O4.Co/c1-10-11-19-41(9)20-15-14-16-28-21-27(2)35(42)29(22-28)25-39-33-17-12-13-18-34(33)40-26-30-23-31(37(3,4)5)24-32(36(30)43)38(6,7)8;4-2(5)1-3(6)7;/h21-26,33-34,42-43H,10-20H2,1-9H3;1H2,(H,4,5)(H,6,7);. The summed E-state index contributed by atoms with van der Waals surface area (Å²) in [6, 6.07) is 8.57. The first-order valence-electron chi connectivity index (χ1n) is 18.2. The first-order chi connectivity index (χ1) is 23.3. The molecule has 1 saturated carbocycles. The van der Waals surface area contributed by atoms with E-state index in [1.165, 1.54) is 36.9 Å². The van der Waals surface area contributed by atoms with E-state index < -0.39 is 18.4 Å². The van der Waals surface area contributed by atoms with Crippen molar-refractivity contribution in [1.29, 1.82) is 0 Å². The van der Waals surface area contributed by atoms with Crippen LogP contribution < -0.4 is 0 Å². The predicted octanol–water partition coefficient (Wildman–Crippen LogP) is 8.45. The normalized spacial score (nSPS) is 16.6. The molecule has 2 atom stereocenters. The second-order valence-electron chi connectivity index (χ2n) is 15.9. The SMILES string of the molecule is CCCCN(C)CCCCc1cc(C)c(O)c(C=NC2CCCCC2N=Cc2cc(C(C)(C)C)cc(C(C)(C)C)c2O)c1.O=C(O)CC(=O)O.[Co]. The topological polar surface area (TPSA) is 143 Å². The van der Waals surface area contributed by atoms with Crippen molar-refractivity contribution in [1.82, 2.24) is 4.90 Å². The Kier molecular flexibility index (Phi) is 19.2. The summed E-state index contributed by atoms with van der Waals surface area (Å²) >= 11 is 0. The molecule has 3 rings (SSSR count). The van der Waals surface area contributed by atoms with E-state index in [2.05, 4.69) is 84.7 Å². The number of hydrogen-bond donors (Lipinski definition) is 4. The molecule has 1 aliphatic carbocycles. The molecule has 0 spiro atoms. The van der Waals surface area contributed by atoms with Crippen LogP contribution in [0.1, 0.15) is 140 Å². The fourth-order valence-electron chi connectivity index (χ4n) is 6.06. The number of hydrogen-bond acceptors (Lipinski definition) is 7. The van der Waals surface area contributed by atoms with Crippen molar-refractivity contribution in [2.45, 2.75) is 143 Å². The van der Waals surface area contributed by atoms with Crippen molar-refractivity contribution in [2.24, 2.45) is 9.98 Å². The van der Waals surface area contributed by atoms with Gasteiger partial charge in [0, 0.05) is 45.9 Å². The molecule has 0 aromatic heterocycles. The number of phenolic OH excluding ortho intramolecular Hbond substituents is 2. The predicted molar refractivity (Wildman–Crippen MR) is 205 cm³/mol. The van der Waals surface area contributed by atoms with Crippen LogP contribution in [0.4, 0.5) is 0 Å². The number of phenols is 2. The third-order valence-corrected chi connectivity index (χ3v) is 9.16. The summed E-state index contributed by atoms with van der Waals surface area (Å²) in [7, 11) is 2.21. The van der Waals surface area contributed by atoms with Gasteiger partial charge < -0.3 is 25.3 Å². The van der Waals surface area contributed by atoms with Gasteiger partial charge in [-0.1, -0.05) is 79.9 Å². The molecule has 2 unspecified atom stereocenters. The molecule has 2 aromatic carbocycles. The van der Waals surface area contributed by atoms with E-state index in [0.717, 1.165) is 67.3 Å². The second kappa shape index (κ2) is 21.3. The molecule has 0 aliphatic heterocycles. The molecule has 2 aromatic rings. The van der Waals surface area contributed by atoms with E-state index in [4.69, 9.17) is 20.2 Å². The van der Waals surface area contributed by atoms with Gasteiger partial charge in [0.25, 0.3) is 0 Å². The maximum atomic E-state index is 11.2. The van der Waals surface area contributed by atoms with Crippen LogP contribution in [0.15, 0.2) is 34.3 Å². The molecule has 4 N–H and O–H groups in total. The summed E-state index contributed by atoms with van der Waals surface area (Å²) in [4.78, 5) is 31.3. The van der Waals surface area contributed by atoms with Crippen LogP contribution >= 0.6 is 0 Å². The Morgan fingerprint density at radius 2 is 1.33 bits per heavy atom. The van der Waals surface area contributed by atoms with Crippen LogP contribution in [0.5, 0.6) is 11.5 Å². The zero-order valence-electron chi connectivity index (χ0n) is 32.4. The number of nitrogens with zero attached hydrogens (tertiary/aromatic N) is 3. The van der Waals surface area contributed by atoms with Crippen LogP contribution in [-0.4, -0.2) is 81.9 Å². The summed E-state index contributed by atoms with van der Waals surface area (Å²) in [5, 5.41) is 37.5. The van der Waals surface area contributed by atoms with Crippen LogP contribution in [0.25, 0.3) is 0 Å². The largest absolute Gasteiger partial charge is 0.507 e. The van der Waals surface area contributed by atoms with Gasteiger partial charge in [-0.3, -0.25) is 19.6 Å². The monoisotopic (exact) mass is 752 g/mol. The van der Waals surface area contributed by atoms with Crippen LogP contribution in [-0.2, 0) is 43.6 Å². The molecule has 9 nitrogen and oxygen atoms in total. The minimum Gasteiger partial charge on any atom is -0.507 e. The summed E-state index contributed by atoms with van der Waals surface area (Å²) in [6.45, 7) is 19.6. The van der Waals surface area contributed by atoms with Crippen molar-refractivity contribution in [3.8, 4) is 11.5 Å². The molecule has 51 heavy (non-hydrogen) atoms. The maximum Gasteiger partial charge on any atom is 0.314 e. The number of aliphatic imine (C=N–C) groups is 2. The number of unbranched alkanes of at least 4 members (excludes halogenated alkanes) is 2. The number of carboxylic acid groups (broad SMARTS) is 2. The van der Waals surface area contributed by atoms with Gasteiger partial charge >= 0.3 is 11.9 Å². The van der Waals surface area contributed by atoms with Crippen LogP contribution in [0.2, 0.25) is 0 Å². The quantitative estimate of drug-likeness (QED) is 0.0862. The molecule has 287 valence electrons. The van der Waals surface area contributed by atoms with Crippen LogP contribution in [0.3, 0.4) is 0 Å². The Morgan fingerprint density at radius 1 is 0.804 bits per heavy atom. The van der Waals surface area contributed by atoms with Gasteiger partial charge in [-0.15, -0.1) is 0 Å². The number of aromatic hydroxyl groups is 2. The van der Waals surface area contributed by atoms with Gasteiger partial charge in [-0.2, -0.15) is 0 Å². The van der Waals surface area contributed by atoms with Gasteiger partial charge in [0.15, 0.2) is 0 Å². The molecule has 1 aliphatic rings. The van der Waals surface area contributed by atoms with E-state index >= 15 is 0 Å². The molecule has 0 bridgehead atoms. The Bertz CT molecular complexity index is 1460. The maximum absolute atomic E-state index is 11.2. The van der Waals surface area contributed by atoms with E-state index in [1.807, 2.05) is 19.4 Å². The number of carbonyl (C=O) groups is 2. The van der Waals surface area contributed by atoms with Gasteiger partial charge in [0.05, 0.1) is 12.1 Å². The summed E-state index contributed by atoms with van der Waals surface area (Å²) in [5.41, 5.74) is 5.68. The minimum absolute atomic E-state index is 0. The third kappa shape index (κ3) is 15.9. The number of rotatable bonds is 14. The van der Waals surface area contributed by atoms with Gasteiger partial charge in [0.1, 0.15) is 17.9 Å². The zero-order chi connectivity index (χ0) is 37.6. The molecule has 10 heteroatoms. The van der Waals surface area contributed by atoms with E-state index in [-0.39, 0.29) is 39.7 Å². The zero-order valence-corrected chi connectivity index (χ0v) is 33.4. The van der Waals surface area contributed by atoms with Crippen molar-refractivity contribution in [2.75, 3.05) is 20.1 Å². The average molecular weight is 753 g/mol. The fraction of sp³-hybridized carbons (Fsp3) is 0.610. The summed E-state index contributed by atoms with van der Waals surface area (Å²) < 4.78 is 0. The first-order valence-corrected chi connectivity index (χ1v) is 18.2. The van der Waals surface area contributed by atoms with E-state index in [0.29, 0.717) is 11.5 Å². The van der Waals surface area contributed by atoms with Crippen molar-refractivity contribution >= 4 is 24.4 Å². The van der Waals surface area contributed by atoms with Crippen LogP contribution in [0, 0.1) is 6.92 Å². The van der Waals surface area contributed by atoms with Gasteiger partial charge in [0.2, 0.25) is 0 Å². The first kappa shape index (κ1) is 45.8. The Balaban J connectivity index is 0.00000147. The minimum atomic E-state index is -1.31. The van der Waals surface area contributed by atoms with Gasteiger partial charge in [-0.05, 0) is 105 Å². The third-order valence-electron chi connectivity index (χ3n) is 9.16. The van der Waals surface area contributed by atoms with E-state index in [1.54, 1.807) is 0 Å². The molecular weight excluding hydrogens is 689 g/mol. The molecule has 0 heterocycles.